The summed E-state index contributed by atoms with van der Waals surface area (Å²) in [4.78, 5) is 20.2. The zero-order chi connectivity index (χ0) is 25.8. The lowest BCUT2D eigenvalue weighted by Gasteiger charge is -2.33. The first-order valence-electron chi connectivity index (χ1n) is 13.0. The number of pyridine rings is 1. The number of methoxy groups -OCH3 is 1. The fourth-order valence-corrected chi connectivity index (χ4v) is 6.81. The van der Waals surface area contributed by atoms with E-state index in [-0.39, 0.29) is 11.8 Å². The third kappa shape index (κ3) is 5.57. The van der Waals surface area contributed by atoms with E-state index in [1.807, 2.05) is 36.4 Å². The fraction of sp³-hybridized carbons (Fsp3) is 0.429. The molecule has 9 heteroatoms. The minimum absolute atomic E-state index is 0.0314. The number of piperidine rings is 2. The zero-order valence-electron chi connectivity index (χ0n) is 21.2. The van der Waals surface area contributed by atoms with Crippen LogP contribution in [0, 0.1) is 5.92 Å². The van der Waals surface area contributed by atoms with Crippen LogP contribution in [0.25, 0.3) is 10.9 Å². The summed E-state index contributed by atoms with van der Waals surface area (Å²) in [7, 11) is -1.86. The maximum atomic E-state index is 13.1. The van der Waals surface area contributed by atoms with Crippen LogP contribution in [0.3, 0.4) is 0 Å². The molecule has 1 aromatic heterocycles. The molecule has 196 valence electrons. The molecule has 2 aliphatic rings. The van der Waals surface area contributed by atoms with Gasteiger partial charge in [-0.15, -0.1) is 0 Å². The van der Waals surface area contributed by atoms with Gasteiger partial charge in [-0.05, 0) is 62.1 Å². The maximum absolute atomic E-state index is 13.1. The summed E-state index contributed by atoms with van der Waals surface area (Å²) in [5.41, 5.74) is 1.70. The first-order valence-corrected chi connectivity index (χ1v) is 14.5. The van der Waals surface area contributed by atoms with Gasteiger partial charge in [0.2, 0.25) is 15.9 Å². The summed E-state index contributed by atoms with van der Waals surface area (Å²) in [6.07, 6.45) is 4.64. The fourth-order valence-electron chi connectivity index (χ4n) is 5.26. The van der Waals surface area contributed by atoms with E-state index in [2.05, 4.69) is 10.2 Å². The van der Waals surface area contributed by atoms with Crippen LogP contribution in [0.5, 0.6) is 5.75 Å². The molecule has 0 bridgehead atoms. The molecule has 0 aliphatic carbocycles. The van der Waals surface area contributed by atoms with E-state index in [4.69, 9.17) is 9.72 Å². The number of amides is 1. The van der Waals surface area contributed by atoms with Gasteiger partial charge in [0.25, 0.3) is 0 Å². The van der Waals surface area contributed by atoms with Gasteiger partial charge in [-0.1, -0.05) is 24.6 Å². The zero-order valence-corrected chi connectivity index (χ0v) is 22.0. The highest BCUT2D eigenvalue weighted by atomic mass is 32.2. The standard InChI is InChI=1S/C28H34N4O4S/c1-36-26-10-4-3-8-22(26)19-29-28(33)23-9-7-15-31(20-23)27-14-11-21-18-24(12-13-25(21)30-27)37(34,35)32-16-5-2-6-17-32/h3-4,8,10-14,18,23H,2,5-7,9,15-17,19-20H2,1H3,(H,29,33). The van der Waals surface area contributed by atoms with Gasteiger partial charge in [0.1, 0.15) is 11.6 Å². The summed E-state index contributed by atoms with van der Waals surface area (Å²) in [6.45, 7) is 3.02. The lowest BCUT2D eigenvalue weighted by atomic mass is 9.97. The van der Waals surface area contributed by atoms with E-state index in [0.29, 0.717) is 31.1 Å². The van der Waals surface area contributed by atoms with Crippen molar-refractivity contribution in [1.82, 2.24) is 14.6 Å². The molecule has 8 nitrogen and oxygen atoms in total. The molecular formula is C28H34N4O4S. The molecule has 1 atom stereocenters. The predicted molar refractivity (Wildman–Crippen MR) is 144 cm³/mol. The minimum atomic E-state index is -3.49. The smallest absolute Gasteiger partial charge is 0.243 e. The highest BCUT2D eigenvalue weighted by molar-refractivity contribution is 7.89. The second kappa shape index (κ2) is 11.1. The van der Waals surface area contributed by atoms with Crippen molar-refractivity contribution in [2.24, 2.45) is 5.92 Å². The van der Waals surface area contributed by atoms with Gasteiger partial charge < -0.3 is 15.0 Å². The molecule has 3 aromatic rings. The van der Waals surface area contributed by atoms with Crippen molar-refractivity contribution in [3.05, 3.63) is 60.2 Å². The number of ether oxygens (including phenoxy) is 1. The predicted octanol–water partition coefficient (Wildman–Crippen LogP) is 3.95. The molecule has 1 N–H and O–H groups in total. The Balaban J connectivity index is 1.27. The van der Waals surface area contributed by atoms with E-state index in [1.165, 1.54) is 0 Å². The summed E-state index contributed by atoms with van der Waals surface area (Å²) in [5, 5.41) is 3.86. The maximum Gasteiger partial charge on any atom is 0.243 e. The molecule has 2 saturated heterocycles. The number of fused-ring (bicyclic) bond motifs is 1. The van der Waals surface area contributed by atoms with E-state index >= 15 is 0 Å². The summed E-state index contributed by atoms with van der Waals surface area (Å²) < 4.78 is 33.1. The molecule has 2 aromatic carbocycles. The molecule has 2 fully saturated rings. The largest absolute Gasteiger partial charge is 0.496 e. The number of nitrogens with one attached hydrogen (secondary N) is 1. The Morgan fingerprint density at radius 2 is 1.84 bits per heavy atom. The van der Waals surface area contributed by atoms with Crippen molar-refractivity contribution in [3.63, 3.8) is 0 Å². The van der Waals surface area contributed by atoms with E-state index in [0.717, 1.165) is 66.7 Å². The average molecular weight is 523 g/mol. The number of sulfonamides is 1. The number of rotatable bonds is 7. The summed E-state index contributed by atoms with van der Waals surface area (Å²) in [5.74, 6) is 1.48. The number of aromatic nitrogens is 1. The normalized spacial score (nSPS) is 19.1. The van der Waals surface area contributed by atoms with Gasteiger partial charge in [0, 0.05) is 43.7 Å². The minimum Gasteiger partial charge on any atom is -0.496 e. The molecule has 37 heavy (non-hydrogen) atoms. The monoisotopic (exact) mass is 522 g/mol. The summed E-state index contributed by atoms with van der Waals surface area (Å²) in [6, 6.07) is 16.7. The second-order valence-corrected chi connectivity index (χ2v) is 11.7. The van der Waals surface area contributed by atoms with Crippen LogP contribution in [0.4, 0.5) is 5.82 Å². The van der Waals surface area contributed by atoms with E-state index < -0.39 is 10.0 Å². The van der Waals surface area contributed by atoms with Crippen molar-refractivity contribution in [1.29, 1.82) is 0 Å². The van der Waals surface area contributed by atoms with Gasteiger partial charge in [0.05, 0.1) is 23.4 Å². The summed E-state index contributed by atoms with van der Waals surface area (Å²) >= 11 is 0. The van der Waals surface area contributed by atoms with Crippen LogP contribution in [0.1, 0.15) is 37.7 Å². The van der Waals surface area contributed by atoms with Crippen LogP contribution in [0.15, 0.2) is 59.5 Å². The SMILES string of the molecule is COc1ccccc1CNC(=O)C1CCCN(c2ccc3cc(S(=O)(=O)N4CCCCC4)ccc3n2)C1. The van der Waals surface area contributed by atoms with Gasteiger partial charge in [-0.25, -0.2) is 13.4 Å². The molecule has 1 amide bonds. The number of carbonyl (C=O) groups is 1. The highest BCUT2D eigenvalue weighted by Crippen LogP contribution is 2.27. The number of nitrogens with zero attached hydrogens (tertiary/aromatic N) is 3. The molecule has 5 rings (SSSR count). The Morgan fingerprint density at radius 1 is 1.03 bits per heavy atom. The van der Waals surface area contributed by atoms with Crippen molar-refractivity contribution in [3.8, 4) is 5.75 Å². The van der Waals surface area contributed by atoms with Crippen molar-refractivity contribution < 1.29 is 17.9 Å². The average Bonchev–Trinajstić information content (AvgIpc) is 2.96. The van der Waals surface area contributed by atoms with Crippen LogP contribution in [0.2, 0.25) is 0 Å². The van der Waals surface area contributed by atoms with E-state index in [1.54, 1.807) is 29.6 Å². The van der Waals surface area contributed by atoms with Crippen molar-refractivity contribution in [2.75, 3.05) is 38.2 Å². The number of anilines is 1. The number of benzene rings is 2. The lowest BCUT2D eigenvalue weighted by molar-refractivity contribution is -0.125. The highest BCUT2D eigenvalue weighted by Gasteiger charge is 2.28. The third-order valence-electron chi connectivity index (χ3n) is 7.36. The quantitative estimate of drug-likeness (QED) is 0.505. The van der Waals surface area contributed by atoms with Gasteiger partial charge in [-0.3, -0.25) is 4.79 Å². The molecule has 1 unspecified atom stereocenters. The Hall–Kier alpha value is -3.17. The van der Waals surface area contributed by atoms with Crippen LogP contribution >= 0.6 is 0 Å². The molecule has 3 heterocycles. The van der Waals surface area contributed by atoms with E-state index in [9.17, 15) is 13.2 Å². The Bertz CT molecular complexity index is 1370. The first-order chi connectivity index (χ1) is 18.0. The van der Waals surface area contributed by atoms with Crippen molar-refractivity contribution in [2.45, 2.75) is 43.5 Å². The molecule has 2 aliphatic heterocycles. The molecule has 0 saturated carbocycles. The van der Waals surface area contributed by atoms with Gasteiger partial charge in [-0.2, -0.15) is 4.31 Å². The number of carbonyl (C=O) groups excluding carboxylic acids is 1. The Morgan fingerprint density at radius 3 is 2.65 bits per heavy atom. The molecule has 0 radical (unpaired) electrons. The number of hydrogen-bond acceptors (Lipinski definition) is 6. The van der Waals surface area contributed by atoms with Gasteiger partial charge in [0.15, 0.2) is 0 Å². The number of hydrogen-bond donors (Lipinski definition) is 1. The second-order valence-electron chi connectivity index (χ2n) is 9.80. The molecule has 0 spiro atoms. The van der Waals surface area contributed by atoms with Crippen molar-refractivity contribution >= 4 is 32.7 Å². The van der Waals surface area contributed by atoms with Crippen LogP contribution in [-0.2, 0) is 21.4 Å². The first kappa shape index (κ1) is 25.5. The van der Waals surface area contributed by atoms with Gasteiger partial charge >= 0.3 is 0 Å². The third-order valence-corrected chi connectivity index (χ3v) is 9.26. The topological polar surface area (TPSA) is 91.8 Å². The molecular weight excluding hydrogens is 488 g/mol. The Labute approximate surface area is 218 Å². The van der Waals surface area contributed by atoms with Crippen LogP contribution < -0.4 is 15.0 Å². The Kier molecular flexibility index (Phi) is 7.62. The van der Waals surface area contributed by atoms with Crippen LogP contribution in [-0.4, -0.2) is 56.9 Å². The number of para-hydroxylation sites is 1. The lowest BCUT2D eigenvalue weighted by Crippen LogP contribution is -2.43.